The van der Waals surface area contributed by atoms with Crippen LogP contribution in [0.1, 0.15) is 61.8 Å². The number of piperidine rings is 1. The number of aromatic amines is 1. The van der Waals surface area contributed by atoms with Crippen molar-refractivity contribution in [3.63, 3.8) is 0 Å². The maximum absolute atomic E-state index is 12.9. The van der Waals surface area contributed by atoms with E-state index in [1.165, 1.54) is 12.1 Å². The fraction of sp³-hybridized carbons (Fsp3) is 0.375. The van der Waals surface area contributed by atoms with Crippen LogP contribution in [0.3, 0.4) is 0 Å². The van der Waals surface area contributed by atoms with Gasteiger partial charge in [0.15, 0.2) is 0 Å². The Balaban J connectivity index is 0.816. The van der Waals surface area contributed by atoms with Gasteiger partial charge in [-0.3, -0.25) is 19.7 Å². The lowest BCUT2D eigenvalue weighted by molar-refractivity contribution is -0.130. The van der Waals surface area contributed by atoms with E-state index < -0.39 is 12.2 Å². The van der Waals surface area contributed by atoms with Gasteiger partial charge in [-0.1, -0.05) is 78.9 Å². The number of amides is 3. The van der Waals surface area contributed by atoms with Crippen molar-refractivity contribution in [1.82, 2.24) is 25.4 Å². The number of carbonyl (C=O) groups is 3. The van der Waals surface area contributed by atoms with E-state index in [0.717, 1.165) is 48.2 Å². The molecule has 322 valence electrons. The molecule has 2 atom stereocenters. The highest BCUT2D eigenvalue weighted by molar-refractivity contribution is 5.91. The molecule has 1 unspecified atom stereocenters. The Morgan fingerprint density at radius 2 is 1.67 bits per heavy atom. The van der Waals surface area contributed by atoms with Crippen molar-refractivity contribution in [2.24, 2.45) is 0 Å². The van der Waals surface area contributed by atoms with E-state index >= 15 is 0 Å². The number of aromatic nitrogens is 1. The number of fused-ring (bicyclic) bond motifs is 1. The number of benzene rings is 4. The standard InChI is InChI=1S/C48H58N6O7/c1-33(50-32-43(56)39-17-19-42(55)47-40(39)18-20-44(57)52-47)29-34-11-10-12-35(30-34)31-45(58)49-24-8-9-25-53(2)46(59)23-28-54-26-21-37(22-27-54)61-48(60)51-41-16-7-6-15-38(41)36-13-4-3-5-14-36/h3-7,10-20,30,33,37,43,50,55-56H,8-9,21-29,31-32H2,1-2H3,(H,49,58)(H,51,60)(H,52,57)/t33?,43-/m0/s1. The zero-order valence-corrected chi connectivity index (χ0v) is 35.1. The highest BCUT2D eigenvalue weighted by atomic mass is 16.6. The molecule has 0 bridgehead atoms. The van der Waals surface area contributed by atoms with Crippen LogP contribution >= 0.6 is 0 Å². The monoisotopic (exact) mass is 830 g/mol. The first kappa shape index (κ1) is 44.5. The molecule has 13 nitrogen and oxygen atoms in total. The second-order valence-electron chi connectivity index (χ2n) is 15.9. The molecule has 1 fully saturated rings. The Kier molecular flexibility index (Phi) is 16.1. The number of aliphatic hydroxyl groups is 1. The Labute approximate surface area is 357 Å². The molecule has 6 N–H and O–H groups in total. The van der Waals surface area contributed by atoms with E-state index in [1.807, 2.05) is 92.8 Å². The molecule has 61 heavy (non-hydrogen) atoms. The van der Waals surface area contributed by atoms with Gasteiger partial charge in [-0.25, -0.2) is 4.79 Å². The summed E-state index contributed by atoms with van der Waals surface area (Å²) >= 11 is 0. The van der Waals surface area contributed by atoms with Crippen molar-refractivity contribution >= 4 is 34.5 Å². The summed E-state index contributed by atoms with van der Waals surface area (Å²) in [6.07, 6.45) is 2.86. The van der Waals surface area contributed by atoms with E-state index in [1.54, 1.807) is 17.0 Å². The number of hydrogen-bond donors (Lipinski definition) is 6. The van der Waals surface area contributed by atoms with Crippen molar-refractivity contribution in [3.05, 3.63) is 130 Å². The lowest BCUT2D eigenvalue weighted by atomic mass is 10.0. The molecular formula is C48H58N6O7. The van der Waals surface area contributed by atoms with Gasteiger partial charge >= 0.3 is 6.09 Å². The van der Waals surface area contributed by atoms with E-state index in [4.69, 9.17) is 4.74 Å². The third-order valence-electron chi connectivity index (χ3n) is 11.2. The fourth-order valence-corrected chi connectivity index (χ4v) is 7.79. The van der Waals surface area contributed by atoms with Crippen molar-refractivity contribution in [2.45, 2.75) is 70.1 Å². The number of nitrogens with one attached hydrogen (secondary N) is 4. The molecule has 1 saturated heterocycles. The number of phenolic OH excluding ortho intramolecular Hbond substituents is 1. The van der Waals surface area contributed by atoms with Gasteiger partial charge in [-0.2, -0.15) is 0 Å². The highest BCUT2D eigenvalue weighted by Gasteiger charge is 2.24. The predicted molar refractivity (Wildman–Crippen MR) is 238 cm³/mol. The number of phenols is 1. The van der Waals surface area contributed by atoms with Crippen molar-refractivity contribution in [2.75, 3.05) is 51.6 Å². The van der Waals surface area contributed by atoms with Crippen LogP contribution in [0.5, 0.6) is 5.75 Å². The lowest BCUT2D eigenvalue weighted by Gasteiger charge is -2.31. The van der Waals surface area contributed by atoms with Gasteiger partial charge in [0.2, 0.25) is 17.4 Å². The number of para-hydroxylation sites is 1. The molecule has 13 heteroatoms. The average molecular weight is 831 g/mol. The summed E-state index contributed by atoms with van der Waals surface area (Å²) in [5.41, 5.74) is 5.22. The summed E-state index contributed by atoms with van der Waals surface area (Å²) in [6, 6.07) is 31.6. The second-order valence-corrected chi connectivity index (χ2v) is 15.9. The predicted octanol–water partition coefficient (Wildman–Crippen LogP) is 6.16. The molecule has 5 aromatic rings. The van der Waals surface area contributed by atoms with Crippen LogP contribution in [-0.4, -0.2) is 101 Å². The van der Waals surface area contributed by atoms with Crippen molar-refractivity contribution in [3.8, 4) is 16.9 Å². The minimum absolute atomic E-state index is 0.0291. The van der Waals surface area contributed by atoms with Crippen LogP contribution in [0.15, 0.2) is 108 Å². The molecule has 1 aliphatic heterocycles. The van der Waals surface area contributed by atoms with E-state index in [0.29, 0.717) is 67.5 Å². The number of pyridine rings is 1. The zero-order valence-electron chi connectivity index (χ0n) is 35.1. The molecule has 1 aromatic heterocycles. The number of aliphatic hydroxyl groups excluding tert-OH is 1. The van der Waals surface area contributed by atoms with Crippen LogP contribution < -0.4 is 21.5 Å². The Bertz CT molecular complexity index is 2290. The molecule has 2 heterocycles. The summed E-state index contributed by atoms with van der Waals surface area (Å²) in [5.74, 6) is -0.0173. The minimum Gasteiger partial charge on any atom is -0.506 e. The van der Waals surface area contributed by atoms with Gasteiger partial charge < -0.3 is 40.4 Å². The van der Waals surface area contributed by atoms with Crippen molar-refractivity contribution < 1.29 is 29.3 Å². The maximum Gasteiger partial charge on any atom is 0.411 e. The van der Waals surface area contributed by atoms with Crippen LogP contribution in [0.4, 0.5) is 10.5 Å². The number of unbranched alkanes of at least 4 members (excludes halogenated alkanes) is 1. The van der Waals surface area contributed by atoms with Crippen molar-refractivity contribution in [1.29, 1.82) is 0 Å². The van der Waals surface area contributed by atoms with Gasteiger partial charge in [0.1, 0.15) is 11.9 Å². The van der Waals surface area contributed by atoms with Gasteiger partial charge in [-0.15, -0.1) is 0 Å². The molecule has 0 aliphatic carbocycles. The quantitative estimate of drug-likeness (QED) is 0.0533. The van der Waals surface area contributed by atoms with Crippen LogP contribution in [0, 0.1) is 0 Å². The Morgan fingerprint density at radius 1 is 0.918 bits per heavy atom. The minimum atomic E-state index is -0.854. The number of H-pyrrole nitrogens is 1. The first-order valence-electron chi connectivity index (χ1n) is 21.2. The fourth-order valence-electron chi connectivity index (χ4n) is 7.79. The number of rotatable bonds is 19. The number of anilines is 1. The van der Waals surface area contributed by atoms with Crippen LogP contribution in [-0.2, 0) is 27.2 Å². The Morgan fingerprint density at radius 3 is 2.48 bits per heavy atom. The summed E-state index contributed by atoms with van der Waals surface area (Å²) in [4.78, 5) is 56.8. The normalized spacial score (nSPS) is 14.3. The molecule has 4 aromatic carbocycles. The summed E-state index contributed by atoms with van der Waals surface area (Å²) in [6.45, 7) is 5.63. The number of carbonyl (C=O) groups excluding carboxylic acids is 3. The van der Waals surface area contributed by atoms with Gasteiger partial charge in [0.25, 0.3) is 0 Å². The molecule has 3 amide bonds. The topological polar surface area (TPSA) is 176 Å². The van der Waals surface area contributed by atoms with E-state index in [2.05, 4.69) is 25.8 Å². The number of aromatic hydroxyl groups is 1. The lowest BCUT2D eigenvalue weighted by Crippen LogP contribution is -2.40. The van der Waals surface area contributed by atoms with E-state index in [9.17, 15) is 29.4 Å². The molecule has 1 aliphatic rings. The number of likely N-dealkylation sites (tertiary alicyclic amines) is 1. The van der Waals surface area contributed by atoms with Gasteiger partial charge in [0.05, 0.1) is 23.7 Å². The van der Waals surface area contributed by atoms with E-state index in [-0.39, 0.29) is 48.2 Å². The smallest absolute Gasteiger partial charge is 0.411 e. The number of ether oxygens (including phenoxy) is 1. The molecule has 0 radical (unpaired) electrons. The number of nitrogens with zero attached hydrogens (tertiary/aromatic N) is 2. The molecular weight excluding hydrogens is 773 g/mol. The summed E-state index contributed by atoms with van der Waals surface area (Å²) in [5, 5.41) is 31.0. The first-order valence-corrected chi connectivity index (χ1v) is 21.2. The molecule has 0 saturated carbocycles. The molecule has 6 rings (SSSR count). The first-order chi connectivity index (χ1) is 29.5. The third-order valence-corrected chi connectivity index (χ3v) is 11.2. The highest BCUT2D eigenvalue weighted by Crippen LogP contribution is 2.29. The van der Waals surface area contributed by atoms with Gasteiger partial charge in [-0.05, 0) is 79.5 Å². The third kappa shape index (κ3) is 13.2. The second kappa shape index (κ2) is 22.0. The average Bonchev–Trinajstić information content (AvgIpc) is 3.26. The molecule has 0 spiro atoms. The zero-order chi connectivity index (χ0) is 43.1. The Hall–Kier alpha value is -6.02. The van der Waals surface area contributed by atoms with Crippen LogP contribution in [0.2, 0.25) is 0 Å². The van der Waals surface area contributed by atoms with Crippen LogP contribution in [0.25, 0.3) is 22.0 Å². The SMILES string of the molecule is CC(Cc1cccc(CC(=O)NCCCCN(C)C(=O)CCN2CCC(OC(=O)Nc3ccccc3-c3ccccc3)CC2)c1)NC[C@H](O)c1ccc(O)c2[nH]c(=O)ccc12. The largest absolute Gasteiger partial charge is 0.506 e. The maximum atomic E-state index is 12.9. The summed E-state index contributed by atoms with van der Waals surface area (Å²) < 4.78 is 5.76. The summed E-state index contributed by atoms with van der Waals surface area (Å²) in [7, 11) is 1.82. The van der Waals surface area contributed by atoms with Gasteiger partial charge in [0, 0.05) is 75.8 Å². The number of hydrogen-bond acceptors (Lipinski definition) is 9.